The molecule has 138 valence electrons. The van der Waals surface area contributed by atoms with Gasteiger partial charge in [0.1, 0.15) is 5.75 Å². The van der Waals surface area contributed by atoms with E-state index >= 15 is 0 Å². The second-order valence-electron chi connectivity index (χ2n) is 6.78. The van der Waals surface area contributed by atoms with Gasteiger partial charge in [-0.3, -0.25) is 4.79 Å². The van der Waals surface area contributed by atoms with Gasteiger partial charge in [-0.2, -0.15) is 0 Å². The lowest BCUT2D eigenvalue weighted by atomic mass is 9.85. The summed E-state index contributed by atoms with van der Waals surface area (Å²) < 4.78 is 5.65. The summed E-state index contributed by atoms with van der Waals surface area (Å²) in [5.41, 5.74) is 0.764. The van der Waals surface area contributed by atoms with Crippen molar-refractivity contribution in [2.24, 2.45) is 11.8 Å². The lowest BCUT2D eigenvalue weighted by Gasteiger charge is -2.28. The molecule has 2 heterocycles. The molecular weight excluding hydrogens is 350 g/mol. The number of anilines is 1. The fourth-order valence-electron chi connectivity index (χ4n) is 3.19. The van der Waals surface area contributed by atoms with E-state index in [9.17, 15) is 4.79 Å². The highest BCUT2D eigenvalue weighted by Gasteiger charge is 2.22. The predicted molar refractivity (Wildman–Crippen MR) is 104 cm³/mol. The maximum atomic E-state index is 12.3. The van der Waals surface area contributed by atoms with Gasteiger partial charge in [-0.05, 0) is 68.1 Å². The quantitative estimate of drug-likeness (QED) is 0.783. The molecule has 5 nitrogen and oxygen atoms in total. The van der Waals surface area contributed by atoms with Crippen LogP contribution in [0.5, 0.6) is 11.6 Å². The fourth-order valence-corrected chi connectivity index (χ4v) is 3.30. The molecule has 1 aromatic carbocycles. The molecule has 6 heteroatoms. The predicted octanol–water partition coefficient (Wildman–Crippen LogP) is 4.49. The number of benzene rings is 1. The average Bonchev–Trinajstić information content (AvgIpc) is 2.66. The first-order valence-electron chi connectivity index (χ1n) is 9.00. The minimum Gasteiger partial charge on any atom is -0.439 e. The molecule has 1 aliphatic heterocycles. The van der Waals surface area contributed by atoms with E-state index in [1.807, 2.05) is 12.1 Å². The third-order valence-electron chi connectivity index (χ3n) is 4.71. The van der Waals surface area contributed by atoms with Crippen molar-refractivity contribution < 1.29 is 9.53 Å². The minimum absolute atomic E-state index is 0.0520. The van der Waals surface area contributed by atoms with Gasteiger partial charge in [0.15, 0.2) is 0 Å². The zero-order chi connectivity index (χ0) is 18.4. The third kappa shape index (κ3) is 5.44. The molecule has 2 aromatic rings. The SMILES string of the molecule is CC(CC(=O)Nc1ccc(Oc2ccc(Cl)cn2)cc1)C1CCCNC1. The number of carbonyl (C=O) groups is 1. The molecule has 1 aromatic heterocycles. The van der Waals surface area contributed by atoms with E-state index in [1.54, 1.807) is 24.3 Å². The number of hydrogen-bond acceptors (Lipinski definition) is 4. The maximum Gasteiger partial charge on any atom is 0.224 e. The van der Waals surface area contributed by atoms with Crippen molar-refractivity contribution >= 4 is 23.2 Å². The molecule has 3 rings (SSSR count). The summed E-state index contributed by atoms with van der Waals surface area (Å²) in [6, 6.07) is 10.7. The number of piperidine rings is 1. The molecule has 1 saturated heterocycles. The Morgan fingerprint density at radius 1 is 1.35 bits per heavy atom. The number of nitrogens with one attached hydrogen (secondary N) is 2. The Hall–Kier alpha value is -2.11. The first-order chi connectivity index (χ1) is 12.6. The van der Waals surface area contributed by atoms with Crippen LogP contribution in [-0.4, -0.2) is 24.0 Å². The highest BCUT2D eigenvalue weighted by molar-refractivity contribution is 6.30. The largest absolute Gasteiger partial charge is 0.439 e. The Bertz CT molecular complexity index is 713. The number of ether oxygens (including phenoxy) is 1. The summed E-state index contributed by atoms with van der Waals surface area (Å²) in [4.78, 5) is 16.4. The summed E-state index contributed by atoms with van der Waals surface area (Å²) in [6.07, 6.45) is 4.47. The second-order valence-corrected chi connectivity index (χ2v) is 7.21. The number of pyridine rings is 1. The van der Waals surface area contributed by atoms with Crippen LogP contribution in [0.3, 0.4) is 0 Å². The summed E-state index contributed by atoms with van der Waals surface area (Å²) in [5, 5.41) is 6.94. The number of aromatic nitrogens is 1. The van der Waals surface area contributed by atoms with Gasteiger partial charge in [0, 0.05) is 24.4 Å². The monoisotopic (exact) mass is 373 g/mol. The van der Waals surface area contributed by atoms with E-state index in [-0.39, 0.29) is 5.91 Å². The van der Waals surface area contributed by atoms with Crippen molar-refractivity contribution in [3.05, 3.63) is 47.6 Å². The van der Waals surface area contributed by atoms with Gasteiger partial charge >= 0.3 is 0 Å². The normalized spacial score (nSPS) is 18.2. The van der Waals surface area contributed by atoms with Crippen LogP contribution in [0.2, 0.25) is 5.02 Å². The first kappa shape index (κ1) is 18.7. The van der Waals surface area contributed by atoms with E-state index < -0.39 is 0 Å². The van der Waals surface area contributed by atoms with Crippen LogP contribution in [0.4, 0.5) is 5.69 Å². The van der Waals surface area contributed by atoms with Gasteiger partial charge in [0.2, 0.25) is 11.8 Å². The molecule has 2 atom stereocenters. The summed E-state index contributed by atoms with van der Waals surface area (Å²) in [7, 11) is 0. The average molecular weight is 374 g/mol. The highest BCUT2D eigenvalue weighted by atomic mass is 35.5. The molecule has 1 aliphatic rings. The second kappa shape index (κ2) is 9.01. The zero-order valence-corrected chi connectivity index (χ0v) is 15.6. The third-order valence-corrected chi connectivity index (χ3v) is 4.93. The van der Waals surface area contributed by atoms with Crippen molar-refractivity contribution in [2.45, 2.75) is 26.2 Å². The van der Waals surface area contributed by atoms with Gasteiger partial charge in [0.05, 0.1) is 5.02 Å². The van der Waals surface area contributed by atoms with Crippen LogP contribution in [0.1, 0.15) is 26.2 Å². The lowest BCUT2D eigenvalue weighted by Crippen LogP contribution is -2.34. The van der Waals surface area contributed by atoms with Crippen molar-refractivity contribution in [3.63, 3.8) is 0 Å². The Morgan fingerprint density at radius 2 is 2.15 bits per heavy atom. The van der Waals surface area contributed by atoms with Gasteiger partial charge in [0.25, 0.3) is 0 Å². The Balaban J connectivity index is 1.50. The van der Waals surface area contributed by atoms with Crippen molar-refractivity contribution in [3.8, 4) is 11.6 Å². The molecule has 0 bridgehead atoms. The van der Waals surface area contributed by atoms with E-state index in [0.717, 1.165) is 18.8 Å². The summed E-state index contributed by atoms with van der Waals surface area (Å²) in [6.45, 7) is 4.27. The van der Waals surface area contributed by atoms with Crippen LogP contribution in [0.15, 0.2) is 42.6 Å². The standard InChI is InChI=1S/C20H24ClN3O2/c1-14(15-3-2-10-22-12-15)11-19(25)24-17-5-7-18(8-6-17)26-20-9-4-16(21)13-23-20/h4-9,13-15,22H,2-3,10-12H2,1H3,(H,24,25). The van der Waals surface area contributed by atoms with E-state index in [4.69, 9.17) is 16.3 Å². The Labute approximate surface area is 159 Å². The number of nitrogens with zero attached hydrogens (tertiary/aromatic N) is 1. The maximum absolute atomic E-state index is 12.3. The molecule has 1 fully saturated rings. The molecule has 0 saturated carbocycles. The van der Waals surface area contributed by atoms with Crippen molar-refractivity contribution in [2.75, 3.05) is 18.4 Å². The fraction of sp³-hybridized carbons (Fsp3) is 0.400. The zero-order valence-electron chi connectivity index (χ0n) is 14.9. The molecule has 0 spiro atoms. The van der Waals surface area contributed by atoms with E-state index in [2.05, 4.69) is 22.5 Å². The van der Waals surface area contributed by atoms with E-state index in [0.29, 0.717) is 34.9 Å². The van der Waals surface area contributed by atoms with Crippen molar-refractivity contribution in [1.29, 1.82) is 0 Å². The van der Waals surface area contributed by atoms with Crippen LogP contribution < -0.4 is 15.4 Å². The number of halogens is 1. The van der Waals surface area contributed by atoms with Gasteiger partial charge in [-0.1, -0.05) is 18.5 Å². The van der Waals surface area contributed by atoms with Crippen LogP contribution >= 0.6 is 11.6 Å². The van der Waals surface area contributed by atoms with Crippen molar-refractivity contribution in [1.82, 2.24) is 10.3 Å². The van der Waals surface area contributed by atoms with Gasteiger partial charge in [-0.25, -0.2) is 4.98 Å². The Kier molecular flexibility index (Phi) is 6.47. The number of amides is 1. The van der Waals surface area contributed by atoms with Gasteiger partial charge in [-0.15, -0.1) is 0 Å². The lowest BCUT2D eigenvalue weighted by molar-refractivity contribution is -0.117. The molecule has 1 amide bonds. The molecule has 2 N–H and O–H groups in total. The van der Waals surface area contributed by atoms with Crippen LogP contribution in [0.25, 0.3) is 0 Å². The summed E-state index contributed by atoms with van der Waals surface area (Å²) in [5.74, 6) is 2.13. The molecule has 26 heavy (non-hydrogen) atoms. The molecule has 0 radical (unpaired) electrons. The molecule has 0 aliphatic carbocycles. The van der Waals surface area contributed by atoms with E-state index in [1.165, 1.54) is 19.0 Å². The van der Waals surface area contributed by atoms with Gasteiger partial charge < -0.3 is 15.4 Å². The smallest absolute Gasteiger partial charge is 0.224 e. The molecule has 2 unspecified atom stereocenters. The molecular formula is C20H24ClN3O2. The highest BCUT2D eigenvalue weighted by Crippen LogP contribution is 2.24. The number of rotatable bonds is 6. The topological polar surface area (TPSA) is 63.2 Å². The number of hydrogen-bond donors (Lipinski definition) is 2. The number of carbonyl (C=O) groups excluding carboxylic acids is 1. The first-order valence-corrected chi connectivity index (χ1v) is 9.38. The summed E-state index contributed by atoms with van der Waals surface area (Å²) >= 11 is 5.81. The van der Waals surface area contributed by atoms with Crippen LogP contribution in [0, 0.1) is 11.8 Å². The Morgan fingerprint density at radius 3 is 2.81 bits per heavy atom. The van der Waals surface area contributed by atoms with Crippen LogP contribution in [-0.2, 0) is 4.79 Å². The minimum atomic E-state index is 0.0520.